The van der Waals surface area contributed by atoms with E-state index in [1.165, 1.54) is 0 Å². The Morgan fingerprint density at radius 3 is 3.18 bits per heavy atom. The molecule has 0 amide bonds. The minimum Gasteiger partial charge on any atom is -0.337 e. The summed E-state index contributed by atoms with van der Waals surface area (Å²) < 4.78 is 5.19. The molecule has 0 aliphatic rings. The van der Waals surface area contributed by atoms with Crippen molar-refractivity contribution in [3.63, 3.8) is 0 Å². The van der Waals surface area contributed by atoms with Crippen LogP contribution in [0.1, 0.15) is 36.0 Å². The normalized spacial score (nSPS) is 12.8. The molecule has 2 aromatic rings. The topological polar surface area (TPSA) is 64.9 Å². The fraction of sp³-hybridized carbons (Fsp3) is 0.455. The van der Waals surface area contributed by atoms with Crippen LogP contribution in [0.25, 0.3) is 0 Å². The first kappa shape index (κ1) is 12.6. The van der Waals surface area contributed by atoms with E-state index in [-0.39, 0.29) is 6.04 Å². The lowest BCUT2D eigenvalue weighted by atomic mass is 10.2. The molecule has 0 bridgehead atoms. The Bertz CT molecular complexity index is 441. The van der Waals surface area contributed by atoms with E-state index in [1.807, 2.05) is 17.5 Å². The molecule has 0 fully saturated rings. The van der Waals surface area contributed by atoms with Crippen molar-refractivity contribution < 1.29 is 4.52 Å². The highest BCUT2D eigenvalue weighted by Crippen LogP contribution is 2.22. The van der Waals surface area contributed by atoms with E-state index in [1.54, 1.807) is 23.1 Å². The molecule has 0 spiro atoms. The predicted molar refractivity (Wildman–Crippen MR) is 71.1 cm³/mol. The van der Waals surface area contributed by atoms with E-state index in [0.29, 0.717) is 5.89 Å². The lowest BCUT2D eigenvalue weighted by Gasteiger charge is -2.01. The number of aromatic nitrogens is 2. The van der Waals surface area contributed by atoms with Crippen molar-refractivity contribution in [1.82, 2.24) is 10.1 Å². The second kappa shape index (κ2) is 6.18. The first-order valence-electron chi connectivity index (χ1n) is 5.50. The van der Waals surface area contributed by atoms with Crippen LogP contribution in [0, 0.1) is 0 Å². The molecule has 1 unspecified atom stereocenters. The third kappa shape index (κ3) is 3.31. The van der Waals surface area contributed by atoms with Crippen LogP contribution in [0.5, 0.6) is 0 Å². The van der Waals surface area contributed by atoms with E-state index in [9.17, 15) is 0 Å². The predicted octanol–water partition coefficient (Wildman–Crippen LogP) is 2.82. The molecule has 0 radical (unpaired) electrons. The van der Waals surface area contributed by atoms with Gasteiger partial charge in [-0.15, -0.1) is 11.3 Å². The number of thiophene rings is 1. The molecule has 2 heterocycles. The minimum absolute atomic E-state index is 0.299. The number of nitrogens with two attached hydrogens (primary N) is 1. The van der Waals surface area contributed by atoms with Crippen LogP contribution in [0.2, 0.25) is 0 Å². The molecule has 6 heteroatoms. The zero-order chi connectivity index (χ0) is 12.1. The molecule has 2 N–H and O–H groups in total. The number of hydrogen-bond acceptors (Lipinski definition) is 6. The van der Waals surface area contributed by atoms with Crippen LogP contribution in [-0.4, -0.2) is 15.9 Å². The van der Waals surface area contributed by atoms with Gasteiger partial charge in [-0.3, -0.25) is 0 Å². The molecule has 2 rings (SSSR count). The van der Waals surface area contributed by atoms with Gasteiger partial charge >= 0.3 is 0 Å². The maximum atomic E-state index is 6.04. The highest BCUT2D eigenvalue weighted by Gasteiger charge is 2.17. The monoisotopic (exact) mass is 269 g/mol. The van der Waals surface area contributed by atoms with Crippen molar-refractivity contribution in [3.8, 4) is 0 Å². The first-order valence-corrected chi connectivity index (χ1v) is 7.54. The molecule has 0 aliphatic heterocycles. The fourth-order valence-corrected chi connectivity index (χ4v) is 2.80. The Morgan fingerprint density at radius 1 is 1.59 bits per heavy atom. The summed E-state index contributed by atoms with van der Waals surface area (Å²) in [5.74, 6) is 3.13. The van der Waals surface area contributed by atoms with E-state index in [2.05, 4.69) is 17.1 Å². The third-order valence-electron chi connectivity index (χ3n) is 2.18. The van der Waals surface area contributed by atoms with Crippen molar-refractivity contribution in [2.45, 2.75) is 25.1 Å². The largest absolute Gasteiger partial charge is 0.337 e. The van der Waals surface area contributed by atoms with Gasteiger partial charge in [0.2, 0.25) is 5.89 Å². The van der Waals surface area contributed by atoms with Crippen molar-refractivity contribution in [2.24, 2.45) is 5.73 Å². The molecular weight excluding hydrogens is 254 g/mol. The van der Waals surface area contributed by atoms with Crippen LogP contribution >= 0.6 is 23.1 Å². The van der Waals surface area contributed by atoms with Crippen LogP contribution in [0.15, 0.2) is 22.0 Å². The Morgan fingerprint density at radius 2 is 2.47 bits per heavy atom. The highest BCUT2D eigenvalue weighted by molar-refractivity contribution is 7.98. The quantitative estimate of drug-likeness (QED) is 0.817. The van der Waals surface area contributed by atoms with Crippen LogP contribution in [-0.2, 0) is 5.75 Å². The molecule has 0 aromatic carbocycles. The third-order valence-corrected chi connectivity index (χ3v) is 4.29. The summed E-state index contributed by atoms with van der Waals surface area (Å²) in [5.41, 5.74) is 6.04. The van der Waals surface area contributed by atoms with Gasteiger partial charge in [-0.1, -0.05) is 18.1 Å². The molecule has 92 valence electrons. The minimum atomic E-state index is -0.299. The summed E-state index contributed by atoms with van der Waals surface area (Å²) in [6.45, 7) is 2.15. The lowest BCUT2D eigenvalue weighted by molar-refractivity contribution is 0.364. The summed E-state index contributed by atoms with van der Waals surface area (Å²) in [6, 6.07) is 3.65. The Hall–Kier alpha value is -0.850. The average molecular weight is 269 g/mol. The maximum absolute atomic E-state index is 6.04. The summed E-state index contributed by atoms with van der Waals surface area (Å²) >= 11 is 3.40. The van der Waals surface area contributed by atoms with E-state index in [4.69, 9.17) is 10.3 Å². The smallest absolute Gasteiger partial charge is 0.249 e. The van der Waals surface area contributed by atoms with Gasteiger partial charge < -0.3 is 10.3 Å². The van der Waals surface area contributed by atoms with Gasteiger partial charge in [-0.25, -0.2) is 0 Å². The van der Waals surface area contributed by atoms with Crippen LogP contribution in [0.4, 0.5) is 0 Å². The second-order valence-corrected chi connectivity index (χ2v) is 5.68. The van der Waals surface area contributed by atoms with Crippen LogP contribution in [0.3, 0.4) is 0 Å². The average Bonchev–Trinajstić information content (AvgIpc) is 3.00. The van der Waals surface area contributed by atoms with E-state index >= 15 is 0 Å². The Labute approximate surface area is 109 Å². The van der Waals surface area contributed by atoms with Gasteiger partial charge in [-0.05, 0) is 23.6 Å². The van der Waals surface area contributed by atoms with E-state index in [0.717, 1.165) is 28.6 Å². The Balaban J connectivity index is 1.98. The van der Waals surface area contributed by atoms with Crippen molar-refractivity contribution in [3.05, 3.63) is 34.1 Å². The fourth-order valence-electron chi connectivity index (χ4n) is 1.35. The van der Waals surface area contributed by atoms with Gasteiger partial charge in [0.05, 0.1) is 5.75 Å². The molecule has 1 atom stereocenters. The zero-order valence-electron chi connectivity index (χ0n) is 9.63. The summed E-state index contributed by atoms with van der Waals surface area (Å²) in [7, 11) is 0. The second-order valence-electron chi connectivity index (χ2n) is 3.59. The number of rotatable bonds is 6. The SMILES string of the molecule is CCCSCc1noc(C(N)c2cccs2)n1. The molecule has 0 saturated heterocycles. The zero-order valence-corrected chi connectivity index (χ0v) is 11.3. The molecule has 0 aliphatic carbocycles. The molecule has 2 aromatic heterocycles. The van der Waals surface area contributed by atoms with Crippen molar-refractivity contribution in [2.75, 3.05) is 5.75 Å². The lowest BCUT2D eigenvalue weighted by Crippen LogP contribution is -2.10. The molecule has 0 saturated carbocycles. The van der Waals surface area contributed by atoms with Crippen LogP contribution < -0.4 is 5.73 Å². The first-order chi connectivity index (χ1) is 8.31. The van der Waals surface area contributed by atoms with Crippen molar-refractivity contribution >= 4 is 23.1 Å². The van der Waals surface area contributed by atoms with Gasteiger partial charge in [0.25, 0.3) is 0 Å². The van der Waals surface area contributed by atoms with Gasteiger partial charge in [0.1, 0.15) is 6.04 Å². The number of hydrogen-bond donors (Lipinski definition) is 1. The summed E-state index contributed by atoms with van der Waals surface area (Å²) in [5, 5.41) is 5.93. The van der Waals surface area contributed by atoms with E-state index < -0.39 is 0 Å². The summed E-state index contributed by atoms with van der Waals surface area (Å²) in [4.78, 5) is 5.36. The van der Waals surface area contributed by atoms with Gasteiger partial charge in [0, 0.05) is 4.88 Å². The number of thioether (sulfide) groups is 1. The Kier molecular flexibility index (Phi) is 4.58. The molecule has 17 heavy (non-hydrogen) atoms. The standard InChI is InChI=1S/C11H15N3OS2/c1-2-5-16-7-9-13-11(15-14-9)10(12)8-4-3-6-17-8/h3-4,6,10H,2,5,7,12H2,1H3. The molecule has 4 nitrogen and oxygen atoms in total. The van der Waals surface area contributed by atoms with Gasteiger partial charge in [0.15, 0.2) is 5.82 Å². The number of nitrogens with zero attached hydrogens (tertiary/aromatic N) is 2. The molecular formula is C11H15N3OS2. The van der Waals surface area contributed by atoms with Gasteiger partial charge in [-0.2, -0.15) is 16.7 Å². The highest BCUT2D eigenvalue weighted by atomic mass is 32.2. The van der Waals surface area contributed by atoms with Crippen molar-refractivity contribution in [1.29, 1.82) is 0 Å². The summed E-state index contributed by atoms with van der Waals surface area (Å²) in [6.07, 6.45) is 1.16. The maximum Gasteiger partial charge on any atom is 0.249 e.